The van der Waals surface area contributed by atoms with E-state index in [1.54, 1.807) is 13.8 Å². The van der Waals surface area contributed by atoms with E-state index in [0.29, 0.717) is 6.42 Å². The number of sulfone groups is 1. The number of hydrogen-bond donors (Lipinski definition) is 2. The molecule has 108 valence electrons. The lowest BCUT2D eigenvalue weighted by Gasteiger charge is -2.36. The molecule has 19 heavy (non-hydrogen) atoms. The SMILES string of the molecule is CCS(=O)(=O)CCC(CN)(c1ccccc1)C(C)O. The second-order valence-electron chi connectivity index (χ2n) is 4.89. The van der Waals surface area contributed by atoms with Gasteiger partial charge in [-0.05, 0) is 18.9 Å². The van der Waals surface area contributed by atoms with Crippen LogP contribution in [0.15, 0.2) is 30.3 Å². The van der Waals surface area contributed by atoms with E-state index in [-0.39, 0.29) is 18.1 Å². The van der Waals surface area contributed by atoms with Gasteiger partial charge in [0.2, 0.25) is 0 Å². The standard InChI is InChI=1S/C14H23NO3S/c1-3-19(17,18)10-9-14(11-15,12(2)16)13-7-5-4-6-8-13/h4-8,12,16H,3,9-11,15H2,1-2H3. The monoisotopic (exact) mass is 285 g/mol. The van der Waals surface area contributed by atoms with Crippen LogP contribution in [-0.4, -0.2) is 37.7 Å². The molecule has 1 rings (SSSR count). The maximum Gasteiger partial charge on any atom is 0.150 e. The molecule has 4 nitrogen and oxygen atoms in total. The second-order valence-corrected chi connectivity index (χ2v) is 7.36. The Labute approximate surface area is 115 Å². The summed E-state index contributed by atoms with van der Waals surface area (Å²) in [5.74, 6) is 0.156. The number of rotatable bonds is 7. The van der Waals surface area contributed by atoms with Crippen LogP contribution in [0.3, 0.4) is 0 Å². The van der Waals surface area contributed by atoms with E-state index in [4.69, 9.17) is 5.73 Å². The molecule has 1 aromatic carbocycles. The highest BCUT2D eigenvalue weighted by atomic mass is 32.2. The molecule has 0 aliphatic rings. The van der Waals surface area contributed by atoms with Crippen LogP contribution in [-0.2, 0) is 15.3 Å². The molecule has 0 fully saturated rings. The normalized spacial score (nSPS) is 16.8. The van der Waals surface area contributed by atoms with E-state index in [0.717, 1.165) is 5.56 Å². The summed E-state index contributed by atoms with van der Waals surface area (Å²) in [5.41, 5.74) is 6.04. The summed E-state index contributed by atoms with van der Waals surface area (Å²) < 4.78 is 23.4. The summed E-state index contributed by atoms with van der Waals surface area (Å²) in [6, 6.07) is 9.40. The number of aliphatic hydroxyl groups is 1. The van der Waals surface area contributed by atoms with E-state index in [9.17, 15) is 13.5 Å². The van der Waals surface area contributed by atoms with Crippen LogP contribution in [0, 0.1) is 0 Å². The van der Waals surface area contributed by atoms with Gasteiger partial charge in [0.15, 0.2) is 0 Å². The first kappa shape index (κ1) is 16.1. The van der Waals surface area contributed by atoms with Gasteiger partial charge in [-0.1, -0.05) is 37.3 Å². The van der Waals surface area contributed by atoms with E-state index < -0.39 is 21.4 Å². The van der Waals surface area contributed by atoms with Gasteiger partial charge in [0, 0.05) is 17.7 Å². The lowest BCUT2D eigenvalue weighted by Crippen LogP contribution is -2.46. The minimum Gasteiger partial charge on any atom is -0.392 e. The maximum absolute atomic E-state index is 11.7. The number of nitrogens with two attached hydrogens (primary N) is 1. The van der Waals surface area contributed by atoms with Crippen molar-refractivity contribution in [1.82, 2.24) is 0 Å². The van der Waals surface area contributed by atoms with Crippen LogP contribution in [0.4, 0.5) is 0 Å². The van der Waals surface area contributed by atoms with Gasteiger partial charge >= 0.3 is 0 Å². The molecule has 1 aromatic rings. The van der Waals surface area contributed by atoms with Gasteiger partial charge in [-0.2, -0.15) is 0 Å². The molecule has 0 saturated heterocycles. The second kappa shape index (κ2) is 6.50. The Balaban J connectivity index is 3.08. The van der Waals surface area contributed by atoms with Crippen LogP contribution in [0.1, 0.15) is 25.8 Å². The highest BCUT2D eigenvalue weighted by molar-refractivity contribution is 7.91. The Kier molecular flexibility index (Phi) is 5.52. The fourth-order valence-electron chi connectivity index (χ4n) is 2.24. The van der Waals surface area contributed by atoms with Crippen molar-refractivity contribution in [2.75, 3.05) is 18.1 Å². The lowest BCUT2D eigenvalue weighted by atomic mass is 9.74. The first-order valence-corrected chi connectivity index (χ1v) is 8.34. The fraction of sp³-hybridized carbons (Fsp3) is 0.571. The average Bonchev–Trinajstić information content (AvgIpc) is 2.41. The molecular formula is C14H23NO3S. The topological polar surface area (TPSA) is 80.4 Å². The fourth-order valence-corrected chi connectivity index (χ4v) is 3.20. The lowest BCUT2D eigenvalue weighted by molar-refractivity contribution is 0.0980. The van der Waals surface area contributed by atoms with Gasteiger partial charge in [-0.15, -0.1) is 0 Å². The minimum atomic E-state index is -3.07. The third-order valence-electron chi connectivity index (χ3n) is 3.81. The van der Waals surface area contributed by atoms with Gasteiger partial charge in [0.05, 0.1) is 11.9 Å². The molecule has 2 atom stereocenters. The third-order valence-corrected chi connectivity index (χ3v) is 5.52. The Morgan fingerprint density at radius 2 is 1.89 bits per heavy atom. The van der Waals surface area contributed by atoms with Crippen LogP contribution < -0.4 is 5.73 Å². The molecule has 0 aliphatic carbocycles. The highest BCUT2D eigenvalue weighted by Crippen LogP contribution is 2.31. The Morgan fingerprint density at radius 1 is 1.32 bits per heavy atom. The van der Waals surface area contributed by atoms with Crippen molar-refractivity contribution >= 4 is 9.84 Å². The molecule has 0 heterocycles. The smallest absolute Gasteiger partial charge is 0.150 e. The summed E-state index contributed by atoms with van der Waals surface area (Å²) in [6.07, 6.45) is -0.367. The molecular weight excluding hydrogens is 262 g/mol. The predicted molar refractivity (Wildman–Crippen MR) is 77.8 cm³/mol. The number of hydrogen-bond acceptors (Lipinski definition) is 4. The molecule has 0 aromatic heterocycles. The Bertz CT molecular complexity index is 485. The maximum atomic E-state index is 11.7. The highest BCUT2D eigenvalue weighted by Gasteiger charge is 2.36. The van der Waals surface area contributed by atoms with Crippen molar-refractivity contribution in [1.29, 1.82) is 0 Å². The van der Waals surface area contributed by atoms with E-state index in [1.807, 2.05) is 30.3 Å². The summed E-state index contributed by atoms with van der Waals surface area (Å²) in [7, 11) is -3.07. The zero-order chi connectivity index (χ0) is 14.5. The van der Waals surface area contributed by atoms with Crippen LogP contribution >= 0.6 is 0 Å². The zero-order valence-corrected chi connectivity index (χ0v) is 12.4. The van der Waals surface area contributed by atoms with Crippen molar-refractivity contribution in [3.63, 3.8) is 0 Å². The van der Waals surface area contributed by atoms with Crippen molar-refractivity contribution < 1.29 is 13.5 Å². The van der Waals surface area contributed by atoms with Crippen molar-refractivity contribution in [3.8, 4) is 0 Å². The van der Waals surface area contributed by atoms with Crippen LogP contribution in [0.2, 0.25) is 0 Å². The van der Waals surface area contributed by atoms with E-state index in [2.05, 4.69) is 0 Å². The van der Waals surface area contributed by atoms with Crippen molar-refractivity contribution in [2.45, 2.75) is 31.8 Å². The quantitative estimate of drug-likeness (QED) is 0.786. The summed E-state index contributed by atoms with van der Waals surface area (Å²) in [5, 5.41) is 10.1. The predicted octanol–water partition coefficient (Wildman–Crippen LogP) is 1.09. The average molecular weight is 285 g/mol. The largest absolute Gasteiger partial charge is 0.392 e. The Morgan fingerprint density at radius 3 is 2.32 bits per heavy atom. The van der Waals surface area contributed by atoms with Crippen molar-refractivity contribution in [3.05, 3.63) is 35.9 Å². The Hall–Kier alpha value is -0.910. The summed E-state index contributed by atoms with van der Waals surface area (Å²) >= 11 is 0. The van der Waals surface area contributed by atoms with E-state index in [1.165, 1.54) is 0 Å². The van der Waals surface area contributed by atoms with Gasteiger partial charge < -0.3 is 10.8 Å². The molecule has 0 bridgehead atoms. The van der Waals surface area contributed by atoms with Gasteiger partial charge in [0.1, 0.15) is 9.84 Å². The molecule has 0 saturated carbocycles. The number of aliphatic hydroxyl groups excluding tert-OH is 1. The molecule has 3 N–H and O–H groups in total. The summed E-state index contributed by atoms with van der Waals surface area (Å²) in [4.78, 5) is 0. The summed E-state index contributed by atoms with van der Waals surface area (Å²) in [6.45, 7) is 3.51. The molecule has 0 radical (unpaired) electrons. The van der Waals surface area contributed by atoms with Crippen molar-refractivity contribution in [2.24, 2.45) is 5.73 Å². The number of benzene rings is 1. The zero-order valence-electron chi connectivity index (χ0n) is 11.5. The van der Waals surface area contributed by atoms with Crippen LogP contribution in [0.25, 0.3) is 0 Å². The van der Waals surface area contributed by atoms with Crippen LogP contribution in [0.5, 0.6) is 0 Å². The van der Waals surface area contributed by atoms with Gasteiger partial charge in [-0.25, -0.2) is 8.42 Å². The van der Waals surface area contributed by atoms with E-state index >= 15 is 0 Å². The molecule has 2 unspecified atom stereocenters. The van der Waals surface area contributed by atoms with Gasteiger partial charge in [0.25, 0.3) is 0 Å². The third kappa shape index (κ3) is 3.78. The minimum absolute atomic E-state index is 0.0422. The molecule has 0 aliphatic heterocycles. The first-order valence-electron chi connectivity index (χ1n) is 6.52. The molecule has 0 amide bonds. The first-order chi connectivity index (χ1) is 8.88. The van der Waals surface area contributed by atoms with Gasteiger partial charge in [-0.3, -0.25) is 0 Å². The molecule has 5 heteroatoms. The molecule has 0 spiro atoms.